The molecule has 0 spiro atoms. The van der Waals surface area contributed by atoms with Crippen molar-refractivity contribution in [2.24, 2.45) is 0 Å². The zero-order chi connectivity index (χ0) is 10.5. The van der Waals surface area contributed by atoms with E-state index in [0.29, 0.717) is 12.6 Å². The molecule has 0 radical (unpaired) electrons. The Labute approximate surface area is 91.4 Å². The van der Waals surface area contributed by atoms with E-state index in [-0.39, 0.29) is 0 Å². The summed E-state index contributed by atoms with van der Waals surface area (Å²) in [6, 6.07) is 2.69. The van der Waals surface area contributed by atoms with Gasteiger partial charge in [-0.2, -0.15) is 5.10 Å². The second-order valence-electron chi connectivity index (χ2n) is 4.37. The summed E-state index contributed by atoms with van der Waals surface area (Å²) in [6.45, 7) is 0.625. The molecular formula is C12H20N2O. The minimum atomic E-state index is 0.623. The van der Waals surface area contributed by atoms with Gasteiger partial charge in [0.2, 0.25) is 0 Å². The summed E-state index contributed by atoms with van der Waals surface area (Å²) in [5.41, 5.74) is 1.04. The predicted octanol–water partition coefficient (Wildman–Crippen LogP) is 2.92. The average Bonchev–Trinajstić information content (AvgIpc) is 2.53. The van der Waals surface area contributed by atoms with Gasteiger partial charge in [0, 0.05) is 13.3 Å². The first-order valence-electron chi connectivity index (χ1n) is 5.93. The maximum absolute atomic E-state index is 5.08. The molecule has 0 saturated heterocycles. The van der Waals surface area contributed by atoms with Crippen molar-refractivity contribution in [3.05, 3.63) is 18.0 Å². The highest BCUT2D eigenvalue weighted by Gasteiger charge is 2.14. The molecule has 1 saturated carbocycles. The number of hydrogen-bond acceptors (Lipinski definition) is 2. The maximum Gasteiger partial charge on any atom is 0.0902 e. The Morgan fingerprint density at radius 3 is 2.73 bits per heavy atom. The smallest absolute Gasteiger partial charge is 0.0902 e. The summed E-state index contributed by atoms with van der Waals surface area (Å²) < 4.78 is 7.22. The molecule has 0 unspecified atom stereocenters. The average molecular weight is 208 g/mol. The fourth-order valence-corrected chi connectivity index (χ4v) is 2.33. The predicted molar refractivity (Wildman–Crippen MR) is 59.7 cm³/mol. The molecule has 0 aromatic carbocycles. The number of aromatic nitrogens is 2. The second kappa shape index (κ2) is 5.31. The van der Waals surface area contributed by atoms with Crippen LogP contribution in [0.25, 0.3) is 0 Å². The lowest BCUT2D eigenvalue weighted by Gasteiger charge is -2.14. The van der Waals surface area contributed by atoms with E-state index < -0.39 is 0 Å². The molecular weight excluding hydrogens is 188 g/mol. The Balaban J connectivity index is 2.00. The quantitative estimate of drug-likeness (QED) is 0.714. The van der Waals surface area contributed by atoms with Crippen LogP contribution in [0, 0.1) is 0 Å². The molecule has 3 heteroatoms. The molecule has 1 fully saturated rings. The third-order valence-electron chi connectivity index (χ3n) is 3.15. The van der Waals surface area contributed by atoms with Gasteiger partial charge >= 0.3 is 0 Å². The molecule has 0 bridgehead atoms. The van der Waals surface area contributed by atoms with E-state index in [2.05, 4.69) is 22.0 Å². The van der Waals surface area contributed by atoms with Gasteiger partial charge in [-0.3, -0.25) is 4.68 Å². The standard InChI is InChI=1S/C12H20N2O/c1-15-10-11-8-9-14(13-11)12-6-4-2-3-5-7-12/h8-9,12H,2-7,10H2,1H3. The highest BCUT2D eigenvalue weighted by atomic mass is 16.5. The van der Waals surface area contributed by atoms with Crippen molar-refractivity contribution < 1.29 is 4.74 Å². The van der Waals surface area contributed by atoms with Gasteiger partial charge in [-0.1, -0.05) is 25.7 Å². The van der Waals surface area contributed by atoms with E-state index in [0.717, 1.165) is 5.69 Å². The summed E-state index contributed by atoms with van der Waals surface area (Å²) in [7, 11) is 1.71. The molecule has 1 aliphatic carbocycles. The van der Waals surface area contributed by atoms with Crippen molar-refractivity contribution in [2.45, 2.75) is 51.2 Å². The summed E-state index contributed by atoms with van der Waals surface area (Å²) in [6.07, 6.45) is 10.2. The minimum Gasteiger partial charge on any atom is -0.378 e. The number of nitrogens with zero attached hydrogens (tertiary/aromatic N) is 2. The summed E-state index contributed by atoms with van der Waals surface area (Å²) >= 11 is 0. The molecule has 1 heterocycles. The lowest BCUT2D eigenvalue weighted by Crippen LogP contribution is -2.09. The van der Waals surface area contributed by atoms with Gasteiger partial charge in [0.25, 0.3) is 0 Å². The third kappa shape index (κ3) is 2.81. The normalized spacial score (nSPS) is 19.0. The van der Waals surface area contributed by atoms with Crippen LogP contribution in [0.3, 0.4) is 0 Å². The first kappa shape index (κ1) is 10.7. The monoisotopic (exact) mass is 208 g/mol. The maximum atomic E-state index is 5.08. The van der Waals surface area contributed by atoms with Crippen molar-refractivity contribution in [3.8, 4) is 0 Å². The molecule has 2 rings (SSSR count). The number of rotatable bonds is 3. The van der Waals surface area contributed by atoms with Gasteiger partial charge in [-0.25, -0.2) is 0 Å². The molecule has 84 valence electrons. The molecule has 1 aromatic heterocycles. The fraction of sp³-hybridized carbons (Fsp3) is 0.750. The van der Waals surface area contributed by atoms with Crippen molar-refractivity contribution in [2.75, 3.05) is 7.11 Å². The van der Waals surface area contributed by atoms with Crippen molar-refractivity contribution in [1.82, 2.24) is 9.78 Å². The largest absolute Gasteiger partial charge is 0.378 e. The van der Waals surface area contributed by atoms with E-state index in [1.165, 1.54) is 38.5 Å². The highest BCUT2D eigenvalue weighted by Crippen LogP contribution is 2.26. The van der Waals surface area contributed by atoms with E-state index in [9.17, 15) is 0 Å². The van der Waals surface area contributed by atoms with Gasteiger partial charge in [-0.05, 0) is 18.9 Å². The van der Waals surface area contributed by atoms with Crippen LogP contribution < -0.4 is 0 Å². The van der Waals surface area contributed by atoms with Crippen LogP contribution in [-0.4, -0.2) is 16.9 Å². The van der Waals surface area contributed by atoms with Crippen LogP contribution >= 0.6 is 0 Å². The number of methoxy groups -OCH3 is 1. The van der Waals surface area contributed by atoms with E-state index in [1.807, 2.05) is 0 Å². The Kier molecular flexibility index (Phi) is 3.78. The van der Waals surface area contributed by atoms with Gasteiger partial charge in [0.15, 0.2) is 0 Å². The van der Waals surface area contributed by atoms with Crippen LogP contribution in [-0.2, 0) is 11.3 Å². The van der Waals surface area contributed by atoms with Crippen LogP contribution in [0.2, 0.25) is 0 Å². The summed E-state index contributed by atoms with van der Waals surface area (Å²) in [4.78, 5) is 0. The van der Waals surface area contributed by atoms with Crippen LogP contribution in [0.15, 0.2) is 12.3 Å². The van der Waals surface area contributed by atoms with E-state index >= 15 is 0 Å². The molecule has 3 nitrogen and oxygen atoms in total. The number of ether oxygens (including phenoxy) is 1. The van der Waals surface area contributed by atoms with Crippen LogP contribution in [0.4, 0.5) is 0 Å². The number of hydrogen-bond donors (Lipinski definition) is 0. The van der Waals surface area contributed by atoms with Crippen LogP contribution in [0.5, 0.6) is 0 Å². The van der Waals surface area contributed by atoms with Gasteiger partial charge in [0.1, 0.15) is 0 Å². The van der Waals surface area contributed by atoms with Crippen molar-refractivity contribution >= 4 is 0 Å². The topological polar surface area (TPSA) is 27.1 Å². The van der Waals surface area contributed by atoms with Crippen molar-refractivity contribution in [1.29, 1.82) is 0 Å². The van der Waals surface area contributed by atoms with Gasteiger partial charge < -0.3 is 4.74 Å². The molecule has 1 aliphatic rings. The van der Waals surface area contributed by atoms with E-state index in [1.54, 1.807) is 7.11 Å². The molecule has 15 heavy (non-hydrogen) atoms. The summed E-state index contributed by atoms with van der Waals surface area (Å²) in [5, 5.41) is 4.56. The Hall–Kier alpha value is -0.830. The Morgan fingerprint density at radius 2 is 2.07 bits per heavy atom. The lowest BCUT2D eigenvalue weighted by atomic mass is 10.1. The first-order chi connectivity index (χ1) is 7.40. The molecule has 0 aliphatic heterocycles. The van der Waals surface area contributed by atoms with Crippen LogP contribution in [0.1, 0.15) is 50.3 Å². The zero-order valence-electron chi connectivity index (χ0n) is 9.48. The van der Waals surface area contributed by atoms with E-state index in [4.69, 9.17) is 4.74 Å². The Bertz CT molecular complexity index is 288. The first-order valence-corrected chi connectivity index (χ1v) is 5.93. The molecule has 0 amide bonds. The van der Waals surface area contributed by atoms with Crippen molar-refractivity contribution in [3.63, 3.8) is 0 Å². The molecule has 1 aromatic rings. The minimum absolute atomic E-state index is 0.623. The van der Waals surface area contributed by atoms with Gasteiger partial charge in [-0.15, -0.1) is 0 Å². The SMILES string of the molecule is COCc1ccn(C2CCCCCC2)n1. The fourth-order valence-electron chi connectivity index (χ4n) is 2.33. The zero-order valence-corrected chi connectivity index (χ0v) is 9.48. The lowest BCUT2D eigenvalue weighted by molar-refractivity contribution is 0.180. The second-order valence-corrected chi connectivity index (χ2v) is 4.37. The third-order valence-corrected chi connectivity index (χ3v) is 3.15. The highest BCUT2D eigenvalue weighted by molar-refractivity contribution is 4.98. The molecule has 0 atom stereocenters. The Morgan fingerprint density at radius 1 is 1.33 bits per heavy atom. The van der Waals surface area contributed by atoms with Gasteiger partial charge in [0.05, 0.1) is 18.3 Å². The summed E-state index contributed by atoms with van der Waals surface area (Å²) in [5.74, 6) is 0. The molecule has 0 N–H and O–H groups in total.